The first-order valence-electron chi connectivity index (χ1n) is 3.09. The van der Waals surface area contributed by atoms with Crippen LogP contribution in [0.1, 0.15) is 20.8 Å². The Morgan fingerprint density at radius 1 is 1.67 bits per heavy atom. The summed E-state index contributed by atoms with van der Waals surface area (Å²) < 4.78 is 0. The minimum atomic E-state index is 0.350. The number of nitrogens with zero attached hydrogens (tertiary/aromatic N) is 1. The van der Waals surface area contributed by atoms with Gasteiger partial charge >= 0.3 is 0 Å². The Labute approximate surface area is 56.3 Å². The second-order valence-electron chi connectivity index (χ2n) is 2.35. The molecule has 0 unspecified atom stereocenters. The molecule has 0 aliphatic carbocycles. The van der Waals surface area contributed by atoms with Gasteiger partial charge in [0.25, 0.3) is 0 Å². The van der Waals surface area contributed by atoms with Gasteiger partial charge in [-0.25, -0.2) is 5.84 Å². The SMILES string of the molecule is C/C(=C/[NH3+])N(N)C(C)C. The molecule has 0 aliphatic rings. The summed E-state index contributed by atoms with van der Waals surface area (Å²) in [7, 11) is 0. The summed E-state index contributed by atoms with van der Waals surface area (Å²) >= 11 is 0. The molecule has 0 amide bonds. The maximum atomic E-state index is 5.60. The number of hydrogen-bond acceptors (Lipinski definition) is 2. The molecule has 0 rings (SSSR count). The molecule has 0 aromatic rings. The van der Waals surface area contributed by atoms with Crippen molar-refractivity contribution in [2.45, 2.75) is 26.8 Å². The largest absolute Gasteiger partial charge is 0.330 e. The Morgan fingerprint density at radius 2 is 2.11 bits per heavy atom. The summed E-state index contributed by atoms with van der Waals surface area (Å²) in [6.45, 7) is 6.01. The number of quaternary nitrogens is 1. The molecule has 3 nitrogen and oxygen atoms in total. The average Bonchev–Trinajstić information content (AvgIpc) is 1.84. The van der Waals surface area contributed by atoms with Crippen molar-refractivity contribution in [3.8, 4) is 0 Å². The van der Waals surface area contributed by atoms with Gasteiger partial charge in [-0.3, -0.25) is 0 Å². The van der Waals surface area contributed by atoms with E-state index in [-0.39, 0.29) is 0 Å². The van der Waals surface area contributed by atoms with E-state index in [1.165, 1.54) is 0 Å². The number of hydrogen-bond donors (Lipinski definition) is 2. The second kappa shape index (κ2) is 3.48. The molecule has 0 radical (unpaired) electrons. The van der Waals surface area contributed by atoms with E-state index in [0.717, 1.165) is 5.70 Å². The molecule has 0 heterocycles. The van der Waals surface area contributed by atoms with E-state index < -0.39 is 0 Å². The highest BCUT2D eigenvalue weighted by molar-refractivity contribution is 4.89. The number of hydrazine groups is 1. The van der Waals surface area contributed by atoms with E-state index in [4.69, 9.17) is 5.84 Å². The monoisotopic (exact) mass is 130 g/mol. The van der Waals surface area contributed by atoms with Crippen molar-refractivity contribution >= 4 is 0 Å². The van der Waals surface area contributed by atoms with Crippen molar-refractivity contribution in [3.63, 3.8) is 0 Å². The van der Waals surface area contributed by atoms with Crippen LogP contribution < -0.4 is 11.6 Å². The van der Waals surface area contributed by atoms with Crippen molar-refractivity contribution in [1.29, 1.82) is 0 Å². The van der Waals surface area contributed by atoms with E-state index in [1.54, 1.807) is 11.2 Å². The van der Waals surface area contributed by atoms with Crippen LogP contribution in [0.5, 0.6) is 0 Å². The van der Waals surface area contributed by atoms with Gasteiger partial charge in [0, 0.05) is 6.04 Å². The van der Waals surface area contributed by atoms with Crippen LogP contribution in [0.4, 0.5) is 0 Å². The van der Waals surface area contributed by atoms with E-state index in [2.05, 4.69) is 5.73 Å². The van der Waals surface area contributed by atoms with Gasteiger partial charge in [0.15, 0.2) is 0 Å². The molecule has 0 fully saturated rings. The van der Waals surface area contributed by atoms with Crippen LogP contribution in [0.25, 0.3) is 0 Å². The summed E-state index contributed by atoms with van der Waals surface area (Å²) in [5, 5.41) is 1.69. The molecule has 0 aliphatic heterocycles. The van der Waals surface area contributed by atoms with Gasteiger partial charge < -0.3 is 10.7 Å². The van der Waals surface area contributed by atoms with Crippen molar-refractivity contribution in [2.24, 2.45) is 5.84 Å². The first-order valence-corrected chi connectivity index (χ1v) is 3.09. The Balaban J connectivity index is 3.88. The Kier molecular flexibility index (Phi) is 3.27. The lowest BCUT2D eigenvalue weighted by molar-refractivity contribution is -0.278. The lowest BCUT2D eigenvalue weighted by Gasteiger charge is -2.21. The van der Waals surface area contributed by atoms with Gasteiger partial charge in [-0.2, -0.15) is 0 Å². The van der Waals surface area contributed by atoms with Crippen molar-refractivity contribution in [1.82, 2.24) is 5.01 Å². The second-order valence-corrected chi connectivity index (χ2v) is 2.35. The molecule has 0 bridgehead atoms. The Bertz CT molecular complexity index is 107. The number of nitrogens with two attached hydrogens (primary N) is 1. The normalized spacial score (nSPS) is 12.4. The zero-order valence-corrected chi connectivity index (χ0v) is 6.39. The van der Waals surface area contributed by atoms with Crippen LogP contribution in [0.3, 0.4) is 0 Å². The van der Waals surface area contributed by atoms with Crippen LogP contribution in [0.2, 0.25) is 0 Å². The molecule has 0 saturated heterocycles. The highest BCUT2D eigenvalue weighted by Crippen LogP contribution is 1.98. The minimum Gasteiger partial charge on any atom is -0.330 e. The third-order valence-electron chi connectivity index (χ3n) is 1.26. The Hall–Kier alpha value is -0.540. The molecule has 0 atom stereocenters. The van der Waals surface area contributed by atoms with Crippen molar-refractivity contribution in [3.05, 3.63) is 11.9 Å². The number of allylic oxidation sites excluding steroid dienone is 1. The lowest BCUT2D eigenvalue weighted by atomic mass is 10.3. The molecule has 0 aromatic carbocycles. The molecule has 0 saturated carbocycles. The van der Waals surface area contributed by atoms with Gasteiger partial charge in [0.2, 0.25) is 0 Å². The molecule has 0 aromatic heterocycles. The standard InChI is InChI=1S/C6H15N3/c1-5(2)9(8)6(3)4-7/h4-5H,7-8H2,1-3H3/p+1/b6-4-. The fourth-order valence-electron chi connectivity index (χ4n) is 0.513. The predicted molar refractivity (Wildman–Crippen MR) is 37.8 cm³/mol. The van der Waals surface area contributed by atoms with Gasteiger partial charge in [-0.15, -0.1) is 0 Å². The molecule has 0 spiro atoms. The lowest BCUT2D eigenvalue weighted by Crippen LogP contribution is -2.44. The maximum absolute atomic E-state index is 5.60. The average molecular weight is 130 g/mol. The fraction of sp³-hybridized carbons (Fsp3) is 0.667. The third kappa shape index (κ3) is 2.49. The smallest absolute Gasteiger partial charge is 0.111 e. The highest BCUT2D eigenvalue weighted by atomic mass is 15.4. The Morgan fingerprint density at radius 3 is 2.22 bits per heavy atom. The van der Waals surface area contributed by atoms with Crippen LogP contribution in [0, 0.1) is 0 Å². The van der Waals surface area contributed by atoms with Crippen LogP contribution in [-0.4, -0.2) is 11.1 Å². The molecular formula is C6H16N3+. The number of rotatable bonds is 2. The van der Waals surface area contributed by atoms with Crippen LogP contribution in [0.15, 0.2) is 11.9 Å². The summed E-state index contributed by atoms with van der Waals surface area (Å²) in [6, 6.07) is 0.350. The third-order valence-corrected chi connectivity index (χ3v) is 1.26. The molecule has 5 N–H and O–H groups in total. The van der Waals surface area contributed by atoms with E-state index in [1.807, 2.05) is 20.8 Å². The quantitative estimate of drug-likeness (QED) is 0.397. The summed E-state index contributed by atoms with van der Waals surface area (Å²) in [6.07, 6.45) is 1.75. The van der Waals surface area contributed by atoms with Crippen LogP contribution in [-0.2, 0) is 0 Å². The summed E-state index contributed by atoms with van der Waals surface area (Å²) in [4.78, 5) is 0. The highest BCUT2D eigenvalue weighted by Gasteiger charge is 2.02. The zero-order chi connectivity index (χ0) is 7.44. The molecular weight excluding hydrogens is 114 g/mol. The van der Waals surface area contributed by atoms with E-state index in [0.29, 0.717) is 6.04 Å². The predicted octanol–water partition coefficient (Wildman–Crippen LogP) is -0.326. The first-order chi connectivity index (χ1) is 4.09. The van der Waals surface area contributed by atoms with Gasteiger partial charge in [-0.05, 0) is 20.8 Å². The maximum Gasteiger partial charge on any atom is 0.111 e. The molecule has 9 heavy (non-hydrogen) atoms. The van der Waals surface area contributed by atoms with Crippen molar-refractivity contribution < 1.29 is 5.73 Å². The van der Waals surface area contributed by atoms with Gasteiger partial charge in [0.1, 0.15) is 6.20 Å². The van der Waals surface area contributed by atoms with Gasteiger partial charge in [-0.1, -0.05) is 0 Å². The van der Waals surface area contributed by atoms with Crippen molar-refractivity contribution in [2.75, 3.05) is 0 Å². The fourth-order valence-corrected chi connectivity index (χ4v) is 0.513. The zero-order valence-electron chi connectivity index (χ0n) is 6.39. The minimum absolute atomic E-state index is 0.350. The molecule has 3 heteroatoms. The van der Waals surface area contributed by atoms with Gasteiger partial charge in [0.05, 0.1) is 5.70 Å². The van der Waals surface area contributed by atoms with E-state index in [9.17, 15) is 0 Å². The summed E-state index contributed by atoms with van der Waals surface area (Å²) in [5.41, 5.74) is 4.61. The first kappa shape index (κ1) is 8.46. The summed E-state index contributed by atoms with van der Waals surface area (Å²) in [5.74, 6) is 5.60. The van der Waals surface area contributed by atoms with Crippen LogP contribution >= 0.6 is 0 Å². The molecule has 54 valence electrons. The topological polar surface area (TPSA) is 56.9 Å². The van der Waals surface area contributed by atoms with E-state index >= 15 is 0 Å².